The van der Waals surface area contributed by atoms with Gasteiger partial charge in [-0.3, -0.25) is 0 Å². The van der Waals surface area contributed by atoms with Crippen LogP contribution >= 0.6 is 12.2 Å². The van der Waals surface area contributed by atoms with E-state index in [0.29, 0.717) is 6.04 Å². The molecule has 0 bridgehead atoms. The second-order valence-corrected chi connectivity index (χ2v) is 7.15. The third kappa shape index (κ3) is 6.54. The lowest BCUT2D eigenvalue weighted by molar-refractivity contribution is 0.155. The predicted octanol–water partition coefficient (Wildman–Crippen LogP) is 1.80. The highest BCUT2D eigenvalue weighted by Crippen LogP contribution is 2.28. The van der Waals surface area contributed by atoms with Crippen molar-refractivity contribution >= 4 is 17.3 Å². The van der Waals surface area contributed by atoms with Gasteiger partial charge >= 0.3 is 0 Å². The van der Waals surface area contributed by atoms with Crippen LogP contribution in [-0.2, 0) is 4.74 Å². The Bertz CT molecular complexity index is 289. The number of nitrogens with one attached hydrogen (secondary N) is 3. The molecule has 1 rings (SSSR count). The van der Waals surface area contributed by atoms with Crippen molar-refractivity contribution in [2.45, 2.75) is 64.1 Å². The largest absolute Gasteiger partial charge is 0.385 e. The summed E-state index contributed by atoms with van der Waals surface area (Å²) in [5.74, 6) is 0. The SMILES string of the molecule is COCCCNC(=S)NC1CC(C)(C)NC(C)(C)C1. The van der Waals surface area contributed by atoms with Crippen LogP contribution in [0.2, 0.25) is 0 Å². The van der Waals surface area contributed by atoms with Crippen LogP contribution in [-0.4, -0.2) is 42.5 Å². The van der Waals surface area contributed by atoms with Crippen molar-refractivity contribution in [1.82, 2.24) is 16.0 Å². The Morgan fingerprint density at radius 3 is 2.37 bits per heavy atom. The van der Waals surface area contributed by atoms with E-state index in [1.165, 1.54) is 0 Å². The van der Waals surface area contributed by atoms with Gasteiger partial charge in [-0.2, -0.15) is 0 Å². The molecule has 1 saturated heterocycles. The highest BCUT2D eigenvalue weighted by molar-refractivity contribution is 7.80. The Morgan fingerprint density at radius 1 is 1.26 bits per heavy atom. The van der Waals surface area contributed by atoms with Crippen LogP contribution in [0.1, 0.15) is 47.0 Å². The number of hydrogen-bond donors (Lipinski definition) is 3. The molecule has 1 heterocycles. The molecule has 0 unspecified atom stereocenters. The standard InChI is InChI=1S/C14H29N3OS/c1-13(2)9-11(10-14(3,4)17-13)16-12(19)15-7-6-8-18-5/h11,17H,6-10H2,1-5H3,(H2,15,16,19). The van der Waals surface area contributed by atoms with Gasteiger partial charge in [-0.15, -0.1) is 0 Å². The lowest BCUT2D eigenvalue weighted by Crippen LogP contribution is -2.62. The minimum Gasteiger partial charge on any atom is -0.385 e. The fourth-order valence-corrected chi connectivity index (χ4v) is 3.35. The van der Waals surface area contributed by atoms with Gasteiger partial charge in [0.1, 0.15) is 0 Å². The maximum absolute atomic E-state index is 5.35. The normalized spacial score (nSPS) is 21.9. The first kappa shape index (κ1) is 16.7. The summed E-state index contributed by atoms with van der Waals surface area (Å²) in [6.45, 7) is 10.6. The Kier molecular flexibility index (Phi) is 6.02. The minimum atomic E-state index is 0.144. The molecule has 1 aliphatic heterocycles. The van der Waals surface area contributed by atoms with E-state index in [2.05, 4.69) is 43.6 Å². The molecule has 0 aromatic heterocycles. The van der Waals surface area contributed by atoms with Crippen molar-refractivity contribution in [3.8, 4) is 0 Å². The molecule has 0 spiro atoms. The van der Waals surface area contributed by atoms with Crippen molar-refractivity contribution < 1.29 is 4.74 Å². The van der Waals surface area contributed by atoms with Gasteiger partial charge in [-0.25, -0.2) is 0 Å². The lowest BCUT2D eigenvalue weighted by atomic mass is 9.80. The van der Waals surface area contributed by atoms with Crippen molar-refractivity contribution in [3.63, 3.8) is 0 Å². The Balaban J connectivity index is 2.37. The van der Waals surface area contributed by atoms with Gasteiger partial charge in [0.05, 0.1) is 0 Å². The molecule has 0 atom stereocenters. The van der Waals surface area contributed by atoms with E-state index in [0.717, 1.165) is 37.5 Å². The second kappa shape index (κ2) is 6.86. The molecule has 112 valence electrons. The third-order valence-electron chi connectivity index (χ3n) is 3.34. The van der Waals surface area contributed by atoms with Gasteiger partial charge in [-0.1, -0.05) is 0 Å². The molecule has 19 heavy (non-hydrogen) atoms. The molecular weight excluding hydrogens is 258 g/mol. The van der Waals surface area contributed by atoms with E-state index < -0.39 is 0 Å². The summed E-state index contributed by atoms with van der Waals surface area (Å²) in [6, 6.07) is 0.425. The maximum atomic E-state index is 5.35. The number of hydrogen-bond acceptors (Lipinski definition) is 3. The van der Waals surface area contributed by atoms with Gasteiger partial charge in [-0.05, 0) is 59.2 Å². The highest BCUT2D eigenvalue weighted by atomic mass is 32.1. The van der Waals surface area contributed by atoms with Gasteiger partial charge in [0.15, 0.2) is 5.11 Å². The number of thiocarbonyl (C=S) groups is 1. The van der Waals surface area contributed by atoms with Crippen LogP contribution in [0.15, 0.2) is 0 Å². The van der Waals surface area contributed by atoms with E-state index >= 15 is 0 Å². The first-order valence-electron chi connectivity index (χ1n) is 7.07. The molecule has 0 radical (unpaired) electrons. The highest BCUT2D eigenvalue weighted by Gasteiger charge is 2.37. The summed E-state index contributed by atoms with van der Waals surface area (Å²) in [5, 5.41) is 11.1. The summed E-state index contributed by atoms with van der Waals surface area (Å²) in [6.07, 6.45) is 3.13. The van der Waals surface area contributed by atoms with Gasteiger partial charge in [0.25, 0.3) is 0 Å². The minimum absolute atomic E-state index is 0.144. The maximum Gasteiger partial charge on any atom is 0.166 e. The second-order valence-electron chi connectivity index (χ2n) is 6.74. The zero-order chi connectivity index (χ0) is 14.5. The average molecular weight is 287 g/mol. The van der Waals surface area contributed by atoms with E-state index in [4.69, 9.17) is 17.0 Å². The Hall–Kier alpha value is -0.390. The van der Waals surface area contributed by atoms with Gasteiger partial charge in [0.2, 0.25) is 0 Å². The van der Waals surface area contributed by atoms with Crippen LogP contribution in [0.25, 0.3) is 0 Å². The quantitative estimate of drug-likeness (QED) is 0.531. The number of piperidine rings is 1. The van der Waals surface area contributed by atoms with Crippen molar-refractivity contribution in [1.29, 1.82) is 0 Å². The lowest BCUT2D eigenvalue weighted by Gasteiger charge is -2.46. The summed E-state index contributed by atoms with van der Waals surface area (Å²) < 4.78 is 5.02. The zero-order valence-electron chi connectivity index (χ0n) is 12.9. The van der Waals surface area contributed by atoms with Crippen LogP contribution in [0, 0.1) is 0 Å². The topological polar surface area (TPSA) is 45.3 Å². The monoisotopic (exact) mass is 287 g/mol. The molecule has 3 N–H and O–H groups in total. The van der Waals surface area contributed by atoms with Crippen LogP contribution in [0.5, 0.6) is 0 Å². The van der Waals surface area contributed by atoms with E-state index in [1.807, 2.05) is 0 Å². The Morgan fingerprint density at radius 2 is 1.84 bits per heavy atom. The third-order valence-corrected chi connectivity index (χ3v) is 3.60. The molecule has 1 aliphatic rings. The summed E-state index contributed by atoms with van der Waals surface area (Å²) in [7, 11) is 1.72. The predicted molar refractivity (Wildman–Crippen MR) is 84.5 cm³/mol. The van der Waals surface area contributed by atoms with Crippen LogP contribution in [0.4, 0.5) is 0 Å². The van der Waals surface area contributed by atoms with Gasteiger partial charge in [0, 0.05) is 37.4 Å². The van der Waals surface area contributed by atoms with E-state index in [1.54, 1.807) is 7.11 Å². The molecule has 4 nitrogen and oxygen atoms in total. The number of ether oxygens (including phenoxy) is 1. The average Bonchev–Trinajstić information content (AvgIpc) is 2.19. The molecule has 5 heteroatoms. The number of methoxy groups -OCH3 is 1. The van der Waals surface area contributed by atoms with Crippen molar-refractivity contribution in [2.75, 3.05) is 20.3 Å². The fourth-order valence-electron chi connectivity index (χ4n) is 3.08. The van der Waals surface area contributed by atoms with Gasteiger partial charge < -0.3 is 20.7 Å². The summed E-state index contributed by atoms with van der Waals surface area (Å²) >= 11 is 5.35. The first-order chi connectivity index (χ1) is 8.74. The fraction of sp³-hybridized carbons (Fsp3) is 0.929. The summed E-state index contributed by atoms with van der Waals surface area (Å²) in [5.41, 5.74) is 0.288. The van der Waals surface area contributed by atoms with Crippen molar-refractivity contribution in [2.24, 2.45) is 0 Å². The van der Waals surface area contributed by atoms with Crippen LogP contribution < -0.4 is 16.0 Å². The molecule has 0 aromatic rings. The number of rotatable bonds is 5. The molecule has 0 amide bonds. The molecular formula is C14H29N3OS. The molecule has 0 saturated carbocycles. The van der Waals surface area contributed by atoms with E-state index in [9.17, 15) is 0 Å². The first-order valence-corrected chi connectivity index (χ1v) is 7.48. The zero-order valence-corrected chi connectivity index (χ0v) is 13.7. The smallest absolute Gasteiger partial charge is 0.166 e. The molecule has 0 aliphatic carbocycles. The van der Waals surface area contributed by atoms with Crippen molar-refractivity contribution in [3.05, 3.63) is 0 Å². The van der Waals surface area contributed by atoms with Crippen LogP contribution in [0.3, 0.4) is 0 Å². The molecule has 0 aromatic carbocycles. The summed E-state index contributed by atoms with van der Waals surface area (Å²) in [4.78, 5) is 0. The van der Waals surface area contributed by atoms with E-state index in [-0.39, 0.29) is 11.1 Å². The Labute approximate surface area is 123 Å². The molecule has 1 fully saturated rings.